The van der Waals surface area contributed by atoms with Crippen LogP contribution in [0.2, 0.25) is 0 Å². The maximum absolute atomic E-state index is 12.6. The smallest absolute Gasteiger partial charge is 0.186 e. The van der Waals surface area contributed by atoms with Gasteiger partial charge in [0.1, 0.15) is 5.01 Å². The Morgan fingerprint density at radius 3 is 2.87 bits per heavy atom. The van der Waals surface area contributed by atoms with E-state index in [2.05, 4.69) is 23.8 Å². The van der Waals surface area contributed by atoms with Crippen molar-refractivity contribution in [2.75, 3.05) is 0 Å². The lowest BCUT2D eigenvalue weighted by Gasteiger charge is -2.07. The average molecular weight is 325 g/mol. The van der Waals surface area contributed by atoms with Gasteiger partial charge in [-0.05, 0) is 37.1 Å². The van der Waals surface area contributed by atoms with Crippen LogP contribution >= 0.6 is 11.3 Å². The zero-order valence-electron chi connectivity index (χ0n) is 13.3. The van der Waals surface area contributed by atoms with E-state index in [1.165, 1.54) is 4.88 Å². The molecule has 0 spiro atoms. The first-order valence-corrected chi connectivity index (χ1v) is 8.51. The van der Waals surface area contributed by atoms with E-state index in [1.807, 2.05) is 41.2 Å². The van der Waals surface area contributed by atoms with Gasteiger partial charge in [-0.3, -0.25) is 9.78 Å². The first kappa shape index (κ1) is 15.6. The fourth-order valence-electron chi connectivity index (χ4n) is 2.61. The maximum atomic E-state index is 12.6. The standard InChI is InChI=1S/C18H19N3OS/c1-3-15-13(2)23-18(20-15)10-17(22)16-7-5-9-21(16)12-14-6-4-8-19-11-14/h4-9,11H,3,10,12H2,1-2H3. The minimum Gasteiger partial charge on any atom is -0.341 e. The number of pyridine rings is 1. The zero-order valence-corrected chi connectivity index (χ0v) is 14.1. The number of rotatable bonds is 6. The molecule has 0 aliphatic heterocycles. The molecule has 23 heavy (non-hydrogen) atoms. The minimum absolute atomic E-state index is 0.107. The molecule has 0 unspecified atom stereocenters. The fraction of sp³-hybridized carbons (Fsp3) is 0.278. The Bertz CT molecular complexity index is 805. The Kier molecular flexibility index (Phi) is 4.67. The SMILES string of the molecule is CCc1nc(CC(=O)c2cccn2Cc2cccnc2)sc1C. The van der Waals surface area contributed by atoms with Crippen molar-refractivity contribution in [1.82, 2.24) is 14.5 Å². The second-order valence-electron chi connectivity index (χ2n) is 5.45. The van der Waals surface area contributed by atoms with E-state index in [4.69, 9.17) is 0 Å². The Morgan fingerprint density at radius 1 is 1.30 bits per heavy atom. The van der Waals surface area contributed by atoms with Crippen molar-refractivity contribution in [3.05, 3.63) is 69.7 Å². The first-order chi connectivity index (χ1) is 11.2. The lowest BCUT2D eigenvalue weighted by molar-refractivity contribution is 0.0984. The molecule has 0 atom stereocenters. The van der Waals surface area contributed by atoms with E-state index in [0.29, 0.717) is 13.0 Å². The highest BCUT2D eigenvalue weighted by Crippen LogP contribution is 2.20. The van der Waals surface area contributed by atoms with Gasteiger partial charge >= 0.3 is 0 Å². The van der Waals surface area contributed by atoms with Crippen molar-refractivity contribution in [1.29, 1.82) is 0 Å². The number of hydrogen-bond donors (Lipinski definition) is 0. The van der Waals surface area contributed by atoms with Gasteiger partial charge in [0.05, 0.1) is 17.8 Å². The van der Waals surface area contributed by atoms with Crippen LogP contribution < -0.4 is 0 Å². The summed E-state index contributed by atoms with van der Waals surface area (Å²) in [7, 11) is 0. The summed E-state index contributed by atoms with van der Waals surface area (Å²) in [6.07, 6.45) is 6.79. The molecular formula is C18H19N3OS. The molecule has 0 amide bonds. The van der Waals surface area contributed by atoms with E-state index in [9.17, 15) is 4.79 Å². The van der Waals surface area contributed by atoms with Crippen molar-refractivity contribution in [2.45, 2.75) is 33.2 Å². The van der Waals surface area contributed by atoms with Crippen LogP contribution in [0.15, 0.2) is 42.9 Å². The topological polar surface area (TPSA) is 47.8 Å². The molecule has 0 saturated carbocycles. The third-order valence-electron chi connectivity index (χ3n) is 3.77. The van der Waals surface area contributed by atoms with E-state index < -0.39 is 0 Å². The Hall–Kier alpha value is -2.27. The van der Waals surface area contributed by atoms with E-state index >= 15 is 0 Å². The zero-order chi connectivity index (χ0) is 16.2. The lowest BCUT2D eigenvalue weighted by Crippen LogP contribution is -2.11. The third-order valence-corrected chi connectivity index (χ3v) is 4.79. The van der Waals surface area contributed by atoms with Crippen LogP contribution in [0.1, 0.15) is 38.6 Å². The number of thiazole rings is 1. The molecule has 0 saturated heterocycles. The number of carbonyl (C=O) groups is 1. The number of ketones is 1. The molecular weight excluding hydrogens is 306 g/mol. The predicted octanol–water partition coefficient (Wildman–Crippen LogP) is 3.68. The van der Waals surface area contributed by atoms with E-state index in [1.54, 1.807) is 17.5 Å². The molecule has 0 fully saturated rings. The summed E-state index contributed by atoms with van der Waals surface area (Å²) in [6, 6.07) is 7.71. The van der Waals surface area contributed by atoms with Crippen LogP contribution in [0.5, 0.6) is 0 Å². The Labute approximate surface area is 139 Å². The molecule has 0 bridgehead atoms. The van der Waals surface area contributed by atoms with Gasteiger partial charge in [-0.25, -0.2) is 4.98 Å². The molecule has 0 aromatic carbocycles. The van der Waals surface area contributed by atoms with Gasteiger partial charge in [-0.1, -0.05) is 13.0 Å². The highest BCUT2D eigenvalue weighted by Gasteiger charge is 2.15. The van der Waals surface area contributed by atoms with Crippen LogP contribution in [0.25, 0.3) is 0 Å². The summed E-state index contributed by atoms with van der Waals surface area (Å²) in [5.41, 5.74) is 2.90. The Balaban J connectivity index is 1.76. The van der Waals surface area contributed by atoms with Crippen molar-refractivity contribution in [2.24, 2.45) is 0 Å². The number of nitrogens with zero attached hydrogens (tertiary/aromatic N) is 3. The predicted molar refractivity (Wildman–Crippen MR) is 92.0 cm³/mol. The molecule has 3 aromatic heterocycles. The van der Waals surface area contributed by atoms with Gasteiger partial charge in [0.25, 0.3) is 0 Å². The summed E-state index contributed by atoms with van der Waals surface area (Å²) in [6.45, 7) is 4.81. The van der Waals surface area contributed by atoms with Crippen molar-refractivity contribution in [3.63, 3.8) is 0 Å². The van der Waals surface area contributed by atoms with Gasteiger partial charge in [0.15, 0.2) is 5.78 Å². The van der Waals surface area contributed by atoms with Crippen LogP contribution in [-0.2, 0) is 19.4 Å². The van der Waals surface area contributed by atoms with Crippen molar-refractivity contribution >= 4 is 17.1 Å². The first-order valence-electron chi connectivity index (χ1n) is 7.69. The maximum Gasteiger partial charge on any atom is 0.186 e. The van der Waals surface area contributed by atoms with Gasteiger partial charge in [0.2, 0.25) is 0 Å². The fourth-order valence-corrected chi connectivity index (χ4v) is 3.63. The molecule has 3 rings (SSSR count). The highest BCUT2D eigenvalue weighted by atomic mass is 32.1. The summed E-state index contributed by atoms with van der Waals surface area (Å²) in [5.74, 6) is 0.107. The number of hydrogen-bond acceptors (Lipinski definition) is 4. The number of aryl methyl sites for hydroxylation is 2. The number of carbonyl (C=O) groups excluding carboxylic acids is 1. The monoisotopic (exact) mass is 325 g/mol. The second kappa shape index (κ2) is 6.87. The Morgan fingerprint density at radius 2 is 2.17 bits per heavy atom. The van der Waals surface area contributed by atoms with Crippen LogP contribution in [-0.4, -0.2) is 20.3 Å². The largest absolute Gasteiger partial charge is 0.341 e. The summed E-state index contributed by atoms with van der Waals surface area (Å²) < 4.78 is 1.97. The normalized spacial score (nSPS) is 10.9. The molecule has 0 N–H and O–H groups in total. The molecule has 5 heteroatoms. The lowest BCUT2D eigenvalue weighted by atomic mass is 10.2. The molecule has 0 radical (unpaired) electrons. The van der Waals surface area contributed by atoms with E-state index in [0.717, 1.165) is 28.4 Å². The molecule has 0 aliphatic carbocycles. The van der Waals surface area contributed by atoms with Crippen LogP contribution in [0, 0.1) is 6.92 Å². The van der Waals surface area contributed by atoms with Crippen LogP contribution in [0.4, 0.5) is 0 Å². The van der Waals surface area contributed by atoms with E-state index in [-0.39, 0.29) is 5.78 Å². The van der Waals surface area contributed by atoms with Crippen molar-refractivity contribution < 1.29 is 4.79 Å². The summed E-state index contributed by atoms with van der Waals surface area (Å²) in [4.78, 5) is 22.5. The summed E-state index contributed by atoms with van der Waals surface area (Å²) in [5, 5.41) is 0.901. The molecule has 4 nitrogen and oxygen atoms in total. The van der Waals surface area contributed by atoms with Crippen molar-refractivity contribution in [3.8, 4) is 0 Å². The average Bonchev–Trinajstić information content (AvgIpc) is 3.14. The second-order valence-corrected chi connectivity index (χ2v) is 6.73. The third kappa shape index (κ3) is 3.56. The minimum atomic E-state index is 0.107. The number of aromatic nitrogens is 3. The molecule has 3 aromatic rings. The molecule has 118 valence electrons. The number of Topliss-reactive ketones (excluding diaryl/α,β-unsaturated/α-hetero) is 1. The molecule has 0 aliphatic rings. The van der Waals surface area contributed by atoms with Gasteiger partial charge in [0, 0.05) is 30.0 Å². The highest BCUT2D eigenvalue weighted by molar-refractivity contribution is 7.11. The van der Waals surface area contributed by atoms with Crippen LogP contribution in [0.3, 0.4) is 0 Å². The van der Waals surface area contributed by atoms with Gasteiger partial charge in [-0.15, -0.1) is 11.3 Å². The summed E-state index contributed by atoms with van der Waals surface area (Å²) >= 11 is 1.62. The van der Waals surface area contributed by atoms with Gasteiger partial charge < -0.3 is 4.57 Å². The molecule has 3 heterocycles. The van der Waals surface area contributed by atoms with Gasteiger partial charge in [-0.2, -0.15) is 0 Å². The quantitative estimate of drug-likeness (QED) is 0.650.